The molecule has 116 valence electrons. The van der Waals surface area contributed by atoms with Crippen LogP contribution in [0.5, 0.6) is 5.75 Å². The molecule has 3 nitrogen and oxygen atoms in total. The molecule has 0 bridgehead atoms. The Hall–Kier alpha value is -2.20. The number of esters is 1. The van der Waals surface area contributed by atoms with E-state index in [4.69, 9.17) is 4.74 Å². The third-order valence-electron chi connectivity index (χ3n) is 3.53. The summed E-state index contributed by atoms with van der Waals surface area (Å²) < 4.78 is 17.9. The largest absolute Gasteiger partial charge is 0.427 e. The van der Waals surface area contributed by atoms with E-state index in [0.29, 0.717) is 5.75 Å². The maximum atomic E-state index is 12.9. The summed E-state index contributed by atoms with van der Waals surface area (Å²) >= 11 is 0. The first-order valence-electron chi connectivity index (χ1n) is 7.28. The van der Waals surface area contributed by atoms with Crippen molar-refractivity contribution < 1.29 is 13.9 Å². The van der Waals surface area contributed by atoms with E-state index >= 15 is 0 Å². The van der Waals surface area contributed by atoms with Crippen LogP contribution in [0.4, 0.5) is 4.39 Å². The number of hydrogen-bond donors (Lipinski definition) is 1. The first-order chi connectivity index (χ1) is 10.6. The van der Waals surface area contributed by atoms with Gasteiger partial charge in [0.2, 0.25) is 0 Å². The normalized spacial score (nSPS) is 12.0. The zero-order chi connectivity index (χ0) is 15.9. The van der Waals surface area contributed by atoms with E-state index in [1.165, 1.54) is 19.1 Å². The zero-order valence-electron chi connectivity index (χ0n) is 12.8. The Morgan fingerprint density at radius 1 is 1.14 bits per heavy atom. The fourth-order valence-electron chi connectivity index (χ4n) is 2.37. The summed E-state index contributed by atoms with van der Waals surface area (Å²) in [5, 5.41) is 3.28. The van der Waals surface area contributed by atoms with Gasteiger partial charge in [-0.15, -0.1) is 0 Å². The van der Waals surface area contributed by atoms with Crippen molar-refractivity contribution in [3.05, 3.63) is 65.5 Å². The van der Waals surface area contributed by atoms with E-state index < -0.39 is 0 Å². The van der Waals surface area contributed by atoms with Crippen LogP contribution >= 0.6 is 0 Å². The van der Waals surface area contributed by atoms with Crippen LogP contribution in [0.25, 0.3) is 0 Å². The van der Waals surface area contributed by atoms with Crippen LogP contribution in [-0.4, -0.2) is 13.0 Å². The molecule has 0 aromatic heterocycles. The van der Waals surface area contributed by atoms with Crippen LogP contribution in [0.1, 0.15) is 30.5 Å². The van der Waals surface area contributed by atoms with Crippen molar-refractivity contribution in [1.82, 2.24) is 5.32 Å². The van der Waals surface area contributed by atoms with Crippen LogP contribution in [0.3, 0.4) is 0 Å². The number of nitrogens with one attached hydrogen (secondary N) is 1. The Balaban J connectivity index is 1.98. The molecular formula is C18H20FNO2. The molecule has 0 amide bonds. The number of carbonyl (C=O) groups excluding carboxylic acids is 1. The molecule has 0 saturated carbocycles. The average Bonchev–Trinajstić information content (AvgIpc) is 2.50. The lowest BCUT2D eigenvalue weighted by molar-refractivity contribution is -0.131. The lowest BCUT2D eigenvalue weighted by atomic mass is 9.99. The number of benzene rings is 2. The van der Waals surface area contributed by atoms with Crippen LogP contribution in [0.15, 0.2) is 48.5 Å². The summed E-state index contributed by atoms with van der Waals surface area (Å²) in [6.45, 7) is 1.38. The highest BCUT2D eigenvalue weighted by molar-refractivity contribution is 5.69. The maximum Gasteiger partial charge on any atom is 0.308 e. The van der Waals surface area contributed by atoms with E-state index in [1.54, 1.807) is 12.1 Å². The van der Waals surface area contributed by atoms with Gasteiger partial charge in [-0.25, -0.2) is 4.39 Å². The summed E-state index contributed by atoms with van der Waals surface area (Å²) in [5.41, 5.74) is 2.23. The van der Waals surface area contributed by atoms with Crippen LogP contribution in [0.2, 0.25) is 0 Å². The van der Waals surface area contributed by atoms with Crippen molar-refractivity contribution in [2.75, 3.05) is 7.05 Å². The molecule has 0 heterocycles. The molecule has 1 unspecified atom stereocenters. The minimum atomic E-state index is -0.325. The third-order valence-corrected chi connectivity index (χ3v) is 3.53. The van der Waals surface area contributed by atoms with Gasteiger partial charge in [-0.2, -0.15) is 0 Å². The van der Waals surface area contributed by atoms with E-state index in [1.807, 2.05) is 31.3 Å². The second-order valence-electron chi connectivity index (χ2n) is 5.17. The molecule has 22 heavy (non-hydrogen) atoms. The van der Waals surface area contributed by atoms with Gasteiger partial charge < -0.3 is 10.1 Å². The fourth-order valence-corrected chi connectivity index (χ4v) is 2.37. The third kappa shape index (κ3) is 4.67. The molecule has 2 aromatic carbocycles. The second-order valence-corrected chi connectivity index (χ2v) is 5.17. The lowest BCUT2D eigenvalue weighted by Crippen LogP contribution is -2.17. The number of halogens is 1. The Labute approximate surface area is 130 Å². The van der Waals surface area contributed by atoms with Crippen molar-refractivity contribution in [2.45, 2.75) is 25.8 Å². The first kappa shape index (κ1) is 16.2. The number of carbonyl (C=O) groups is 1. The average molecular weight is 301 g/mol. The van der Waals surface area contributed by atoms with Gasteiger partial charge in [0.1, 0.15) is 11.6 Å². The molecule has 0 aliphatic heterocycles. The van der Waals surface area contributed by atoms with Crippen LogP contribution in [-0.2, 0) is 11.2 Å². The number of ether oxygens (including phenoxy) is 1. The fraction of sp³-hybridized carbons (Fsp3) is 0.278. The van der Waals surface area contributed by atoms with Gasteiger partial charge in [-0.3, -0.25) is 4.79 Å². The minimum absolute atomic E-state index is 0.191. The van der Waals surface area contributed by atoms with Gasteiger partial charge in [-0.05, 0) is 55.3 Å². The molecular weight excluding hydrogens is 281 g/mol. The topological polar surface area (TPSA) is 38.3 Å². The molecule has 0 spiro atoms. The monoisotopic (exact) mass is 301 g/mol. The summed E-state index contributed by atoms with van der Waals surface area (Å²) in [4.78, 5) is 10.9. The first-order valence-corrected chi connectivity index (χ1v) is 7.28. The molecule has 0 saturated heterocycles. The summed E-state index contributed by atoms with van der Waals surface area (Å²) in [6, 6.07) is 14.3. The van der Waals surface area contributed by atoms with E-state index in [0.717, 1.165) is 24.0 Å². The van der Waals surface area contributed by atoms with Crippen molar-refractivity contribution in [1.29, 1.82) is 0 Å². The van der Waals surface area contributed by atoms with Crippen molar-refractivity contribution in [3.8, 4) is 5.75 Å². The highest BCUT2D eigenvalue weighted by Crippen LogP contribution is 2.22. The predicted octanol–water partition coefficient (Wildman–Crippen LogP) is 3.64. The van der Waals surface area contributed by atoms with E-state index in [2.05, 4.69) is 5.32 Å². The Bertz CT molecular complexity index is 608. The molecule has 1 N–H and O–H groups in total. The highest BCUT2D eigenvalue weighted by atomic mass is 19.1. The summed E-state index contributed by atoms with van der Waals surface area (Å²) in [5.74, 6) is 0.00819. The van der Waals surface area contributed by atoms with Crippen molar-refractivity contribution >= 4 is 5.97 Å². The van der Waals surface area contributed by atoms with Gasteiger partial charge in [0.15, 0.2) is 0 Å². The molecule has 0 aliphatic carbocycles. The van der Waals surface area contributed by atoms with Gasteiger partial charge >= 0.3 is 5.97 Å². The molecule has 0 aliphatic rings. The molecule has 2 aromatic rings. The molecule has 2 rings (SSSR count). The molecule has 0 fully saturated rings. The minimum Gasteiger partial charge on any atom is -0.427 e. The Morgan fingerprint density at radius 3 is 2.32 bits per heavy atom. The molecule has 1 atom stereocenters. The maximum absolute atomic E-state index is 12.9. The standard InChI is InChI=1S/C18H20FNO2/c1-13(21)22-17-10-6-15(7-11-17)18(20-2)12-5-14-3-8-16(19)9-4-14/h3-4,6-11,18,20H,5,12H2,1-2H3. The van der Waals surface area contributed by atoms with Gasteiger partial charge in [0, 0.05) is 13.0 Å². The number of hydrogen-bond acceptors (Lipinski definition) is 3. The predicted molar refractivity (Wildman–Crippen MR) is 84.3 cm³/mol. The van der Waals surface area contributed by atoms with Crippen LogP contribution < -0.4 is 10.1 Å². The quantitative estimate of drug-likeness (QED) is 0.654. The highest BCUT2D eigenvalue weighted by Gasteiger charge is 2.10. The Morgan fingerprint density at radius 2 is 1.77 bits per heavy atom. The zero-order valence-corrected chi connectivity index (χ0v) is 12.8. The summed E-state index contributed by atoms with van der Waals surface area (Å²) in [6.07, 6.45) is 1.76. The van der Waals surface area contributed by atoms with Crippen LogP contribution in [0, 0.1) is 5.82 Å². The van der Waals surface area contributed by atoms with E-state index in [-0.39, 0.29) is 17.8 Å². The molecule has 4 heteroatoms. The van der Waals surface area contributed by atoms with Crippen molar-refractivity contribution in [2.24, 2.45) is 0 Å². The van der Waals surface area contributed by atoms with Crippen molar-refractivity contribution in [3.63, 3.8) is 0 Å². The van der Waals surface area contributed by atoms with Gasteiger partial charge in [0.25, 0.3) is 0 Å². The lowest BCUT2D eigenvalue weighted by Gasteiger charge is -2.17. The summed E-state index contributed by atoms with van der Waals surface area (Å²) in [7, 11) is 1.91. The number of rotatable bonds is 6. The SMILES string of the molecule is CNC(CCc1ccc(F)cc1)c1ccc(OC(C)=O)cc1. The smallest absolute Gasteiger partial charge is 0.308 e. The second kappa shape index (κ2) is 7.71. The molecule has 0 radical (unpaired) electrons. The Kier molecular flexibility index (Phi) is 5.67. The van der Waals surface area contributed by atoms with E-state index in [9.17, 15) is 9.18 Å². The van der Waals surface area contributed by atoms with Gasteiger partial charge in [-0.1, -0.05) is 24.3 Å². The van der Waals surface area contributed by atoms with Gasteiger partial charge in [0.05, 0.1) is 0 Å². The number of aryl methyl sites for hydroxylation is 1.